The first-order valence-corrected chi connectivity index (χ1v) is 8.71. The Labute approximate surface area is 152 Å². The molecule has 0 bridgehead atoms. The van der Waals surface area contributed by atoms with E-state index >= 15 is 0 Å². The molecule has 2 aromatic rings. The highest BCUT2D eigenvalue weighted by Gasteiger charge is 2.34. The van der Waals surface area contributed by atoms with E-state index in [9.17, 15) is 9.59 Å². The van der Waals surface area contributed by atoms with Crippen LogP contribution < -0.4 is 5.32 Å². The zero-order valence-electron chi connectivity index (χ0n) is 14.4. The zero-order valence-corrected chi connectivity index (χ0v) is 15.1. The van der Waals surface area contributed by atoms with Crippen molar-refractivity contribution in [3.05, 3.63) is 64.2 Å². The minimum absolute atomic E-state index is 0.0129. The summed E-state index contributed by atoms with van der Waals surface area (Å²) in [6.45, 7) is 4.80. The number of amides is 2. The normalized spacial score (nSPS) is 17.0. The van der Waals surface area contributed by atoms with Crippen LogP contribution in [0.2, 0.25) is 5.02 Å². The molecule has 0 saturated carbocycles. The molecule has 1 saturated heterocycles. The molecular weight excluding hydrogens is 336 g/mol. The van der Waals surface area contributed by atoms with E-state index in [4.69, 9.17) is 11.6 Å². The molecule has 2 amide bonds. The number of anilines is 1. The summed E-state index contributed by atoms with van der Waals surface area (Å²) >= 11 is 6.17. The Morgan fingerprint density at radius 1 is 1.24 bits per heavy atom. The fourth-order valence-electron chi connectivity index (χ4n) is 3.04. The van der Waals surface area contributed by atoms with Crippen LogP contribution in [0.3, 0.4) is 0 Å². The number of nitrogens with zero attached hydrogens (tertiary/aromatic N) is 1. The van der Waals surface area contributed by atoms with Crippen molar-refractivity contribution >= 4 is 29.1 Å². The number of carbonyl (C=O) groups excluding carboxylic acids is 2. The van der Waals surface area contributed by atoms with Crippen LogP contribution in [0.15, 0.2) is 42.5 Å². The van der Waals surface area contributed by atoms with Crippen LogP contribution in [0.4, 0.5) is 5.69 Å². The van der Waals surface area contributed by atoms with Gasteiger partial charge in [0.25, 0.3) is 0 Å². The molecule has 5 heteroatoms. The SMILES string of the molecule is Cc1ccc(C)c(NC(=O)[C@H]2CC(=O)N(Cc3ccccc3Cl)C2)c1. The molecule has 0 spiro atoms. The molecule has 0 radical (unpaired) electrons. The summed E-state index contributed by atoms with van der Waals surface area (Å²) in [5, 5.41) is 3.60. The monoisotopic (exact) mass is 356 g/mol. The predicted octanol–water partition coefficient (Wildman–Crippen LogP) is 3.94. The van der Waals surface area contributed by atoms with Crippen LogP contribution in [-0.2, 0) is 16.1 Å². The minimum atomic E-state index is -0.338. The van der Waals surface area contributed by atoms with Crippen molar-refractivity contribution in [2.75, 3.05) is 11.9 Å². The summed E-state index contributed by atoms with van der Waals surface area (Å²) in [4.78, 5) is 26.6. The van der Waals surface area contributed by atoms with Gasteiger partial charge < -0.3 is 10.2 Å². The van der Waals surface area contributed by atoms with Gasteiger partial charge in [-0.3, -0.25) is 9.59 Å². The lowest BCUT2D eigenvalue weighted by molar-refractivity contribution is -0.128. The molecule has 1 N–H and O–H groups in total. The quantitative estimate of drug-likeness (QED) is 0.901. The summed E-state index contributed by atoms with van der Waals surface area (Å²) in [7, 11) is 0. The van der Waals surface area contributed by atoms with Gasteiger partial charge in [0.2, 0.25) is 11.8 Å². The van der Waals surface area contributed by atoms with Crippen LogP contribution in [0.5, 0.6) is 0 Å². The molecule has 2 aromatic carbocycles. The number of hydrogen-bond donors (Lipinski definition) is 1. The second kappa shape index (κ2) is 7.28. The molecule has 1 aliphatic rings. The molecule has 25 heavy (non-hydrogen) atoms. The second-order valence-electron chi connectivity index (χ2n) is 6.57. The Balaban J connectivity index is 1.66. The van der Waals surface area contributed by atoms with Crippen molar-refractivity contribution in [1.82, 2.24) is 4.90 Å². The van der Waals surface area contributed by atoms with Crippen molar-refractivity contribution in [2.45, 2.75) is 26.8 Å². The summed E-state index contributed by atoms with van der Waals surface area (Å²) < 4.78 is 0. The Bertz CT molecular complexity index is 819. The highest BCUT2D eigenvalue weighted by molar-refractivity contribution is 6.31. The number of nitrogens with one attached hydrogen (secondary N) is 1. The second-order valence-corrected chi connectivity index (χ2v) is 6.98. The number of aryl methyl sites for hydroxylation is 2. The van der Waals surface area contributed by atoms with Gasteiger partial charge in [-0.25, -0.2) is 0 Å². The van der Waals surface area contributed by atoms with E-state index in [0.717, 1.165) is 22.4 Å². The molecule has 0 aromatic heterocycles. The number of carbonyl (C=O) groups is 2. The first-order valence-electron chi connectivity index (χ1n) is 8.33. The van der Waals surface area contributed by atoms with Gasteiger partial charge >= 0.3 is 0 Å². The Kier molecular flexibility index (Phi) is 5.09. The molecule has 1 fully saturated rings. The summed E-state index contributed by atoms with van der Waals surface area (Å²) in [6, 6.07) is 13.4. The first-order chi connectivity index (χ1) is 11.9. The Morgan fingerprint density at radius 2 is 2.00 bits per heavy atom. The standard InChI is InChI=1S/C20H21ClN2O2/c1-13-7-8-14(2)18(9-13)22-20(25)16-10-19(24)23(12-16)11-15-5-3-4-6-17(15)21/h3-9,16H,10-12H2,1-2H3,(H,22,25)/t16-/m0/s1. The lowest BCUT2D eigenvalue weighted by atomic mass is 10.1. The predicted molar refractivity (Wildman–Crippen MR) is 99.5 cm³/mol. The van der Waals surface area contributed by atoms with Crippen LogP contribution in [-0.4, -0.2) is 23.3 Å². The van der Waals surface area contributed by atoms with Crippen molar-refractivity contribution < 1.29 is 9.59 Å². The summed E-state index contributed by atoms with van der Waals surface area (Å²) in [5.74, 6) is -0.459. The number of hydrogen-bond acceptors (Lipinski definition) is 2. The maximum atomic E-state index is 12.6. The Hall–Kier alpha value is -2.33. The molecule has 4 nitrogen and oxygen atoms in total. The van der Waals surface area contributed by atoms with Gasteiger partial charge in [-0.1, -0.05) is 41.9 Å². The van der Waals surface area contributed by atoms with Crippen LogP contribution in [0, 0.1) is 19.8 Å². The number of likely N-dealkylation sites (tertiary alicyclic amines) is 1. The summed E-state index contributed by atoms with van der Waals surface area (Å²) in [6.07, 6.45) is 0.237. The zero-order chi connectivity index (χ0) is 18.0. The van der Waals surface area contributed by atoms with E-state index in [2.05, 4.69) is 5.32 Å². The molecule has 0 unspecified atom stereocenters. The van der Waals surface area contributed by atoms with Gasteiger partial charge in [-0.15, -0.1) is 0 Å². The van der Waals surface area contributed by atoms with Gasteiger partial charge in [0.15, 0.2) is 0 Å². The number of rotatable bonds is 4. The van der Waals surface area contributed by atoms with E-state index in [1.165, 1.54) is 0 Å². The third kappa shape index (κ3) is 4.02. The fourth-order valence-corrected chi connectivity index (χ4v) is 3.23. The van der Waals surface area contributed by atoms with Crippen LogP contribution in [0.25, 0.3) is 0 Å². The van der Waals surface area contributed by atoms with E-state index in [-0.39, 0.29) is 24.2 Å². The molecular formula is C20H21ClN2O2. The van der Waals surface area contributed by atoms with Crippen molar-refractivity contribution in [2.24, 2.45) is 5.92 Å². The molecule has 130 valence electrons. The van der Waals surface area contributed by atoms with Gasteiger partial charge in [-0.05, 0) is 42.7 Å². The largest absolute Gasteiger partial charge is 0.337 e. The Morgan fingerprint density at radius 3 is 2.76 bits per heavy atom. The van der Waals surface area contributed by atoms with Crippen molar-refractivity contribution in [3.63, 3.8) is 0 Å². The molecule has 3 rings (SSSR count). The van der Waals surface area contributed by atoms with Crippen LogP contribution in [0.1, 0.15) is 23.1 Å². The van der Waals surface area contributed by atoms with E-state index < -0.39 is 0 Å². The number of benzene rings is 2. The fraction of sp³-hybridized carbons (Fsp3) is 0.300. The smallest absolute Gasteiger partial charge is 0.229 e. The molecule has 1 aliphatic heterocycles. The maximum absolute atomic E-state index is 12.6. The van der Waals surface area contributed by atoms with E-state index in [1.807, 2.05) is 56.3 Å². The first kappa shape index (κ1) is 17.5. The average Bonchev–Trinajstić information content (AvgIpc) is 2.94. The van der Waals surface area contributed by atoms with E-state index in [0.29, 0.717) is 18.1 Å². The topological polar surface area (TPSA) is 49.4 Å². The third-order valence-corrected chi connectivity index (χ3v) is 4.92. The van der Waals surface area contributed by atoms with Gasteiger partial charge in [0, 0.05) is 30.2 Å². The maximum Gasteiger partial charge on any atom is 0.229 e. The van der Waals surface area contributed by atoms with Gasteiger partial charge in [-0.2, -0.15) is 0 Å². The minimum Gasteiger partial charge on any atom is -0.337 e. The van der Waals surface area contributed by atoms with Gasteiger partial charge in [0.05, 0.1) is 5.92 Å². The van der Waals surface area contributed by atoms with Crippen molar-refractivity contribution in [1.29, 1.82) is 0 Å². The molecule has 1 heterocycles. The van der Waals surface area contributed by atoms with Crippen molar-refractivity contribution in [3.8, 4) is 0 Å². The molecule has 1 atom stereocenters. The highest BCUT2D eigenvalue weighted by Crippen LogP contribution is 2.25. The molecule has 0 aliphatic carbocycles. The highest BCUT2D eigenvalue weighted by atomic mass is 35.5. The third-order valence-electron chi connectivity index (χ3n) is 4.56. The van der Waals surface area contributed by atoms with E-state index in [1.54, 1.807) is 4.90 Å². The lowest BCUT2D eigenvalue weighted by Gasteiger charge is -2.18. The number of halogens is 1. The van der Waals surface area contributed by atoms with Crippen LogP contribution >= 0.6 is 11.6 Å². The average molecular weight is 357 g/mol. The lowest BCUT2D eigenvalue weighted by Crippen LogP contribution is -2.28. The van der Waals surface area contributed by atoms with Gasteiger partial charge in [0.1, 0.15) is 0 Å². The summed E-state index contributed by atoms with van der Waals surface area (Å²) in [5.41, 5.74) is 3.80.